The maximum absolute atomic E-state index is 12.4. The Bertz CT molecular complexity index is 947. The normalized spacial score (nSPS) is 15.6. The van der Waals surface area contributed by atoms with Crippen molar-refractivity contribution in [3.8, 4) is 0 Å². The van der Waals surface area contributed by atoms with Crippen LogP contribution in [0.1, 0.15) is 34.8 Å². The summed E-state index contributed by atoms with van der Waals surface area (Å²) < 4.78 is 0. The highest BCUT2D eigenvalue weighted by molar-refractivity contribution is 14.0. The number of nitrogens with one attached hydrogen (secondary N) is 2. The zero-order chi connectivity index (χ0) is 23.6. The summed E-state index contributed by atoms with van der Waals surface area (Å²) in [5.41, 5.74) is 2.96. The second-order valence-corrected chi connectivity index (χ2v) is 8.62. The fourth-order valence-electron chi connectivity index (χ4n) is 3.88. The molecule has 184 valence electrons. The minimum Gasteiger partial charge on any atom is -0.357 e. The highest BCUT2D eigenvalue weighted by atomic mass is 127. The summed E-state index contributed by atoms with van der Waals surface area (Å²) in [4.78, 5) is 32.7. The smallest absolute Gasteiger partial charge is 0.253 e. The zero-order valence-corrected chi connectivity index (χ0v) is 22.6. The van der Waals surface area contributed by atoms with E-state index in [0.29, 0.717) is 25.1 Å². The van der Waals surface area contributed by atoms with Crippen molar-refractivity contribution in [2.75, 3.05) is 40.3 Å². The van der Waals surface area contributed by atoms with Gasteiger partial charge in [-0.2, -0.15) is 0 Å². The first-order valence-electron chi connectivity index (χ1n) is 11.6. The predicted octanol–water partition coefficient (Wildman–Crippen LogP) is 3.15. The Labute approximate surface area is 220 Å². The molecule has 0 aliphatic carbocycles. The van der Waals surface area contributed by atoms with Crippen LogP contribution in [-0.2, 0) is 17.8 Å². The van der Waals surface area contributed by atoms with E-state index in [1.807, 2.05) is 54.3 Å². The molecule has 1 aliphatic rings. The van der Waals surface area contributed by atoms with E-state index in [-0.39, 0.29) is 41.7 Å². The van der Waals surface area contributed by atoms with Crippen LogP contribution in [0, 0.1) is 5.92 Å². The molecule has 1 heterocycles. The average Bonchev–Trinajstić information content (AvgIpc) is 3.19. The van der Waals surface area contributed by atoms with Crippen LogP contribution in [0.5, 0.6) is 0 Å². The van der Waals surface area contributed by atoms with Gasteiger partial charge >= 0.3 is 0 Å². The van der Waals surface area contributed by atoms with Crippen molar-refractivity contribution in [1.82, 2.24) is 20.4 Å². The number of halogens is 1. The van der Waals surface area contributed by atoms with Gasteiger partial charge in [0.1, 0.15) is 0 Å². The predicted molar refractivity (Wildman–Crippen MR) is 148 cm³/mol. The van der Waals surface area contributed by atoms with Gasteiger partial charge in [0.05, 0.1) is 6.54 Å². The van der Waals surface area contributed by atoms with Gasteiger partial charge in [0, 0.05) is 58.2 Å². The largest absolute Gasteiger partial charge is 0.357 e. The summed E-state index contributed by atoms with van der Waals surface area (Å²) in [5, 5.41) is 6.66. The van der Waals surface area contributed by atoms with E-state index in [0.717, 1.165) is 37.6 Å². The molecule has 0 bridgehead atoms. The molecule has 2 aromatic rings. The Morgan fingerprint density at radius 3 is 2.41 bits per heavy atom. The molecule has 7 nitrogen and oxygen atoms in total. The number of carbonyl (C=O) groups excluding carboxylic acids is 2. The first-order chi connectivity index (χ1) is 16.0. The van der Waals surface area contributed by atoms with Crippen LogP contribution in [0.15, 0.2) is 59.6 Å². The maximum atomic E-state index is 12.4. The molecule has 1 atom stereocenters. The quantitative estimate of drug-likeness (QED) is 0.273. The van der Waals surface area contributed by atoms with Crippen molar-refractivity contribution in [2.45, 2.75) is 26.3 Å². The molecule has 3 rings (SSSR count). The van der Waals surface area contributed by atoms with Crippen molar-refractivity contribution >= 4 is 41.8 Å². The standard InChI is InChI=1S/C26H35N5O2.HI/c1-4-27-26(28-17-21-10-12-23(13-11-21)25(33)30(2)3)29-18-22-16-24(32)31(19-22)15-14-20-8-6-5-7-9-20;/h5-13,22H,4,14-19H2,1-3H3,(H2,27,28,29);1H. The van der Waals surface area contributed by atoms with Crippen LogP contribution in [0.2, 0.25) is 0 Å². The van der Waals surface area contributed by atoms with E-state index >= 15 is 0 Å². The number of carbonyl (C=O) groups is 2. The van der Waals surface area contributed by atoms with Crippen molar-refractivity contribution in [3.63, 3.8) is 0 Å². The van der Waals surface area contributed by atoms with Gasteiger partial charge in [-0.3, -0.25) is 9.59 Å². The lowest BCUT2D eigenvalue weighted by Gasteiger charge is -2.18. The minimum atomic E-state index is -0.0102. The van der Waals surface area contributed by atoms with Gasteiger partial charge in [-0.15, -0.1) is 24.0 Å². The van der Waals surface area contributed by atoms with Gasteiger partial charge in [0.25, 0.3) is 5.91 Å². The lowest BCUT2D eigenvalue weighted by molar-refractivity contribution is -0.127. The average molecular weight is 578 g/mol. The van der Waals surface area contributed by atoms with E-state index < -0.39 is 0 Å². The molecule has 2 aromatic carbocycles. The molecule has 2 amide bonds. The summed E-state index contributed by atoms with van der Waals surface area (Å²) in [6.45, 7) is 5.55. The third-order valence-corrected chi connectivity index (χ3v) is 5.74. The number of nitrogens with zero attached hydrogens (tertiary/aromatic N) is 3. The Morgan fingerprint density at radius 1 is 1.06 bits per heavy atom. The van der Waals surface area contributed by atoms with E-state index in [2.05, 4.69) is 27.8 Å². The summed E-state index contributed by atoms with van der Waals surface area (Å²) in [5.74, 6) is 1.23. The first kappa shape index (κ1) is 27.6. The van der Waals surface area contributed by atoms with Crippen LogP contribution in [0.4, 0.5) is 0 Å². The molecule has 1 fully saturated rings. The summed E-state index contributed by atoms with van der Waals surface area (Å²) in [7, 11) is 3.49. The Balaban J connectivity index is 0.00000408. The first-order valence-corrected chi connectivity index (χ1v) is 11.6. The Hall–Kier alpha value is -2.62. The van der Waals surface area contributed by atoms with Crippen LogP contribution in [0.3, 0.4) is 0 Å². The second kappa shape index (κ2) is 13.9. The van der Waals surface area contributed by atoms with Gasteiger partial charge in [0.2, 0.25) is 5.91 Å². The molecular weight excluding hydrogens is 541 g/mol. The third kappa shape index (κ3) is 8.30. The lowest BCUT2D eigenvalue weighted by atomic mass is 10.1. The van der Waals surface area contributed by atoms with Crippen molar-refractivity contribution in [1.29, 1.82) is 0 Å². The van der Waals surface area contributed by atoms with Gasteiger partial charge in [0.15, 0.2) is 5.96 Å². The highest BCUT2D eigenvalue weighted by Crippen LogP contribution is 2.17. The van der Waals surface area contributed by atoms with Crippen LogP contribution >= 0.6 is 24.0 Å². The number of guanidine groups is 1. The number of aliphatic imine (C=N–C) groups is 1. The summed E-state index contributed by atoms with van der Waals surface area (Å²) >= 11 is 0. The molecule has 1 saturated heterocycles. The topological polar surface area (TPSA) is 77.0 Å². The number of rotatable bonds is 9. The lowest BCUT2D eigenvalue weighted by Crippen LogP contribution is -2.40. The summed E-state index contributed by atoms with van der Waals surface area (Å²) in [6.07, 6.45) is 1.46. The molecule has 2 N–H and O–H groups in total. The van der Waals surface area contributed by atoms with Gasteiger partial charge in [-0.05, 0) is 36.6 Å². The van der Waals surface area contributed by atoms with Crippen molar-refractivity contribution < 1.29 is 9.59 Å². The molecule has 0 aromatic heterocycles. The van der Waals surface area contributed by atoms with Crippen LogP contribution < -0.4 is 10.6 Å². The molecule has 0 spiro atoms. The van der Waals surface area contributed by atoms with Crippen molar-refractivity contribution in [2.24, 2.45) is 10.9 Å². The molecular formula is C26H36IN5O2. The van der Waals surface area contributed by atoms with Gasteiger partial charge in [-0.25, -0.2) is 4.99 Å². The number of amides is 2. The van der Waals surface area contributed by atoms with E-state index in [9.17, 15) is 9.59 Å². The molecule has 1 unspecified atom stereocenters. The zero-order valence-electron chi connectivity index (χ0n) is 20.3. The number of likely N-dealkylation sites (tertiary alicyclic amines) is 1. The van der Waals surface area contributed by atoms with Gasteiger partial charge < -0.3 is 20.4 Å². The second-order valence-electron chi connectivity index (χ2n) is 8.62. The third-order valence-electron chi connectivity index (χ3n) is 5.74. The van der Waals surface area contributed by atoms with E-state index in [1.165, 1.54) is 5.56 Å². The molecule has 34 heavy (non-hydrogen) atoms. The van der Waals surface area contributed by atoms with E-state index in [1.54, 1.807) is 19.0 Å². The van der Waals surface area contributed by atoms with Crippen molar-refractivity contribution in [3.05, 3.63) is 71.3 Å². The van der Waals surface area contributed by atoms with Gasteiger partial charge in [-0.1, -0.05) is 42.5 Å². The summed E-state index contributed by atoms with van der Waals surface area (Å²) in [6, 6.07) is 17.8. The number of hydrogen-bond acceptors (Lipinski definition) is 3. The molecule has 0 saturated carbocycles. The number of hydrogen-bond donors (Lipinski definition) is 2. The molecule has 1 aliphatic heterocycles. The Kier molecular flexibility index (Phi) is 11.3. The Morgan fingerprint density at radius 2 is 1.76 bits per heavy atom. The molecule has 0 radical (unpaired) electrons. The SMILES string of the molecule is CCNC(=NCc1ccc(C(=O)N(C)C)cc1)NCC1CC(=O)N(CCc2ccccc2)C1.I. The van der Waals surface area contributed by atoms with Crippen LogP contribution in [-0.4, -0.2) is 67.8 Å². The fourth-order valence-corrected chi connectivity index (χ4v) is 3.88. The molecule has 8 heteroatoms. The maximum Gasteiger partial charge on any atom is 0.253 e. The monoisotopic (exact) mass is 577 g/mol. The van der Waals surface area contributed by atoms with Crippen LogP contribution in [0.25, 0.3) is 0 Å². The number of benzene rings is 2. The highest BCUT2D eigenvalue weighted by Gasteiger charge is 2.29. The fraction of sp³-hybridized carbons (Fsp3) is 0.423. The minimum absolute atomic E-state index is 0. The van der Waals surface area contributed by atoms with E-state index in [4.69, 9.17) is 0 Å².